The number of hydrogen-bond donors (Lipinski definition) is 1. The number of anilines is 1. The van der Waals surface area contributed by atoms with Crippen LogP contribution in [-0.2, 0) is 0 Å². The van der Waals surface area contributed by atoms with Crippen molar-refractivity contribution in [3.8, 4) is 0 Å². The normalized spacial score (nSPS) is 10.2. The van der Waals surface area contributed by atoms with E-state index in [-0.39, 0.29) is 0 Å². The second-order valence-electron chi connectivity index (χ2n) is 3.66. The minimum absolute atomic E-state index is 0.609. The maximum absolute atomic E-state index is 9.02. The highest BCUT2D eigenvalue weighted by atomic mass is 14.9. The molecular weight excluding hydrogens is 186 g/mol. The molecule has 0 bridgehead atoms. The largest absolute Gasteiger partial charge is 0.398 e. The molecule has 15 heavy (non-hydrogen) atoms. The maximum Gasteiger partial charge on any atom is 0.396 e. The van der Waals surface area contributed by atoms with Gasteiger partial charge >= 0.3 is 5.69 Å². The predicted molar refractivity (Wildman–Crippen MR) is 62.6 cm³/mol. The molecule has 0 saturated heterocycles. The first kappa shape index (κ1) is 9.47. The number of hydrogen-bond acceptors (Lipinski definition) is 2. The topological polar surface area (TPSA) is 54.2 Å². The number of nitrogens with zero attached hydrogens (tertiary/aromatic N) is 2. The van der Waals surface area contributed by atoms with Gasteiger partial charge in [-0.3, -0.25) is 0 Å². The van der Waals surface area contributed by atoms with Gasteiger partial charge in [-0.1, -0.05) is 18.2 Å². The number of nitrogens with two attached hydrogens (primary N) is 1. The number of benzene rings is 2. The van der Waals surface area contributed by atoms with Crippen molar-refractivity contribution >= 4 is 22.1 Å². The van der Waals surface area contributed by atoms with Gasteiger partial charge in [0, 0.05) is 11.1 Å². The summed E-state index contributed by atoms with van der Waals surface area (Å²) in [6.45, 7) is 3.85. The summed E-state index contributed by atoms with van der Waals surface area (Å²) < 4.78 is 0. The van der Waals surface area contributed by atoms with Crippen LogP contribution in [0.25, 0.3) is 15.7 Å². The van der Waals surface area contributed by atoms with Gasteiger partial charge in [-0.25, -0.2) is 0 Å². The molecule has 74 valence electrons. The van der Waals surface area contributed by atoms with Gasteiger partial charge in [0.15, 0.2) is 4.98 Å². The highest BCUT2D eigenvalue weighted by molar-refractivity contribution is 6.04. The van der Waals surface area contributed by atoms with E-state index in [1.165, 1.54) is 0 Å². The summed E-state index contributed by atoms with van der Waals surface area (Å²) in [4.78, 5) is 3.34. The van der Waals surface area contributed by atoms with Crippen LogP contribution in [-0.4, -0.2) is 0 Å². The first-order valence-corrected chi connectivity index (χ1v) is 4.79. The van der Waals surface area contributed by atoms with Crippen molar-refractivity contribution in [2.24, 2.45) is 0 Å². The molecular formula is C12H12N3+. The van der Waals surface area contributed by atoms with Crippen LogP contribution in [0.2, 0.25) is 0 Å². The molecule has 0 aliphatic rings. The van der Waals surface area contributed by atoms with Gasteiger partial charge in [0.25, 0.3) is 0 Å². The van der Waals surface area contributed by atoms with Gasteiger partial charge in [-0.15, -0.1) is 0 Å². The minimum atomic E-state index is 0.609. The Morgan fingerprint density at radius 2 is 1.67 bits per heavy atom. The van der Waals surface area contributed by atoms with Crippen LogP contribution in [0, 0.1) is 19.2 Å². The zero-order valence-corrected chi connectivity index (χ0v) is 8.78. The molecule has 2 rings (SSSR count). The molecule has 0 heterocycles. The van der Waals surface area contributed by atoms with Crippen molar-refractivity contribution in [3.63, 3.8) is 0 Å². The Morgan fingerprint density at radius 1 is 1.07 bits per heavy atom. The van der Waals surface area contributed by atoms with E-state index in [9.17, 15) is 0 Å². The fourth-order valence-corrected chi connectivity index (χ4v) is 1.84. The van der Waals surface area contributed by atoms with E-state index >= 15 is 0 Å². The van der Waals surface area contributed by atoms with Crippen molar-refractivity contribution in [2.75, 3.05) is 5.73 Å². The van der Waals surface area contributed by atoms with Gasteiger partial charge in [0.05, 0.1) is 10.9 Å². The Labute approximate surface area is 88.1 Å². The molecule has 0 unspecified atom stereocenters. The molecule has 0 radical (unpaired) electrons. The summed E-state index contributed by atoms with van der Waals surface area (Å²) >= 11 is 0. The molecule has 0 spiro atoms. The second kappa shape index (κ2) is 3.25. The molecule has 0 fully saturated rings. The maximum atomic E-state index is 9.02. The second-order valence-corrected chi connectivity index (χ2v) is 3.66. The van der Waals surface area contributed by atoms with Gasteiger partial charge in [0.2, 0.25) is 5.39 Å². The van der Waals surface area contributed by atoms with Crippen LogP contribution in [0.1, 0.15) is 11.1 Å². The third kappa shape index (κ3) is 1.23. The molecule has 0 saturated carbocycles. The van der Waals surface area contributed by atoms with Gasteiger partial charge < -0.3 is 5.73 Å². The number of rotatable bonds is 0. The third-order valence-electron chi connectivity index (χ3n) is 2.89. The summed E-state index contributed by atoms with van der Waals surface area (Å²) in [5.74, 6) is 0. The summed E-state index contributed by atoms with van der Waals surface area (Å²) in [6.07, 6.45) is 0. The number of nitrogen functional groups attached to an aromatic ring is 1. The monoisotopic (exact) mass is 198 g/mol. The van der Waals surface area contributed by atoms with E-state index in [0.29, 0.717) is 5.69 Å². The van der Waals surface area contributed by atoms with E-state index in [0.717, 1.165) is 27.6 Å². The zero-order valence-electron chi connectivity index (χ0n) is 8.78. The number of fused-ring (bicyclic) bond motifs is 1. The molecule has 0 aliphatic heterocycles. The number of diazo groups is 1. The van der Waals surface area contributed by atoms with E-state index in [1.807, 2.05) is 38.1 Å². The molecule has 2 N–H and O–H groups in total. The highest BCUT2D eigenvalue weighted by Crippen LogP contribution is 2.36. The van der Waals surface area contributed by atoms with Gasteiger partial charge in [0.1, 0.15) is 0 Å². The van der Waals surface area contributed by atoms with E-state index < -0.39 is 0 Å². The average molecular weight is 198 g/mol. The predicted octanol–water partition coefficient (Wildman–Crippen LogP) is 3.52. The van der Waals surface area contributed by atoms with Crippen LogP contribution in [0.4, 0.5) is 11.4 Å². The molecule has 2 aromatic carbocycles. The summed E-state index contributed by atoms with van der Waals surface area (Å²) in [6, 6.07) is 7.68. The summed E-state index contributed by atoms with van der Waals surface area (Å²) in [7, 11) is 0. The average Bonchev–Trinajstić information content (AvgIpc) is 2.27. The lowest BCUT2D eigenvalue weighted by molar-refractivity contribution is 1.35. The summed E-state index contributed by atoms with van der Waals surface area (Å²) in [5, 5.41) is 10.8. The first-order chi connectivity index (χ1) is 7.16. The van der Waals surface area contributed by atoms with Crippen LogP contribution in [0.15, 0.2) is 24.3 Å². The fraction of sp³-hybridized carbons (Fsp3) is 0.167. The smallest absolute Gasteiger partial charge is 0.396 e. The molecule has 0 aromatic heterocycles. The van der Waals surface area contributed by atoms with Crippen molar-refractivity contribution in [1.29, 1.82) is 5.39 Å². The standard InChI is InChI=1S/C12H12N3/c1-7-8(2)12(15-14)10-6-4-3-5-9(10)11(7)13/h3-6H,13H2,1-2H3/q+1. The first-order valence-electron chi connectivity index (χ1n) is 4.79. The molecule has 2 aromatic rings. The van der Waals surface area contributed by atoms with Crippen molar-refractivity contribution in [3.05, 3.63) is 40.4 Å². The van der Waals surface area contributed by atoms with Crippen LogP contribution in [0.3, 0.4) is 0 Å². The van der Waals surface area contributed by atoms with Crippen molar-refractivity contribution < 1.29 is 0 Å². The van der Waals surface area contributed by atoms with Crippen LogP contribution >= 0.6 is 0 Å². The van der Waals surface area contributed by atoms with E-state index in [1.54, 1.807) is 0 Å². The lowest BCUT2D eigenvalue weighted by atomic mass is 9.98. The van der Waals surface area contributed by atoms with Gasteiger partial charge in [-0.05, 0) is 25.5 Å². The Kier molecular flexibility index (Phi) is 2.05. The SMILES string of the molecule is Cc1c(C)c([N+]#N)c2ccccc2c1N. The third-order valence-corrected chi connectivity index (χ3v) is 2.89. The molecule has 0 aliphatic carbocycles. The molecule has 3 nitrogen and oxygen atoms in total. The van der Waals surface area contributed by atoms with Crippen molar-refractivity contribution in [2.45, 2.75) is 13.8 Å². The van der Waals surface area contributed by atoms with Crippen LogP contribution < -0.4 is 5.73 Å². The lowest BCUT2D eigenvalue weighted by Gasteiger charge is -2.06. The molecule has 0 atom stereocenters. The van der Waals surface area contributed by atoms with Crippen LogP contribution in [0.5, 0.6) is 0 Å². The fourth-order valence-electron chi connectivity index (χ4n) is 1.84. The van der Waals surface area contributed by atoms with E-state index in [2.05, 4.69) is 4.98 Å². The lowest BCUT2D eigenvalue weighted by Crippen LogP contribution is -1.94. The quantitative estimate of drug-likeness (QED) is 0.520. The minimum Gasteiger partial charge on any atom is -0.398 e. The Morgan fingerprint density at radius 3 is 2.27 bits per heavy atom. The Balaban J connectivity index is 3.06. The molecule has 3 heteroatoms. The zero-order chi connectivity index (χ0) is 11.0. The van der Waals surface area contributed by atoms with Gasteiger partial charge in [-0.2, -0.15) is 0 Å². The Hall–Kier alpha value is -2.08. The summed E-state index contributed by atoms with van der Waals surface area (Å²) in [5.41, 5.74) is 9.29. The molecule has 0 amide bonds. The van der Waals surface area contributed by atoms with Crippen molar-refractivity contribution in [1.82, 2.24) is 0 Å². The van der Waals surface area contributed by atoms with E-state index in [4.69, 9.17) is 11.1 Å². The highest BCUT2D eigenvalue weighted by Gasteiger charge is 2.20. The Bertz CT molecular complexity index is 579.